The molecule has 12 nitrogen and oxygen atoms in total. The molecule has 1 aliphatic heterocycles. The van der Waals surface area contributed by atoms with Gasteiger partial charge < -0.3 is 18.9 Å². The predicted octanol–water partition coefficient (Wildman–Crippen LogP) is -0.471. The van der Waals surface area contributed by atoms with Crippen LogP contribution >= 0.6 is 0 Å². The lowest BCUT2D eigenvalue weighted by molar-refractivity contribution is -0.166. The topological polar surface area (TPSA) is 145 Å². The molecule has 0 radical (unpaired) electrons. The number of unbranched alkanes of at least 4 members (excludes halogenated alkanes) is 1. The molecule has 12 heteroatoms. The Morgan fingerprint density at radius 1 is 1.07 bits per heavy atom. The first kappa shape index (κ1) is 23.3. The quantitative estimate of drug-likeness (QED) is 0.394. The van der Waals surface area contributed by atoms with Gasteiger partial charge in [-0.25, -0.2) is 4.79 Å². The first-order valence-corrected chi connectivity index (χ1v) is 9.47. The Morgan fingerprint density at radius 2 is 1.70 bits per heavy atom. The average molecular weight is 427 g/mol. The maximum absolute atomic E-state index is 12.9. The van der Waals surface area contributed by atoms with Gasteiger partial charge in [-0.15, -0.1) is 0 Å². The van der Waals surface area contributed by atoms with Crippen molar-refractivity contribution >= 4 is 17.9 Å². The monoisotopic (exact) mass is 427 g/mol. The van der Waals surface area contributed by atoms with E-state index in [-0.39, 0.29) is 13.2 Å². The van der Waals surface area contributed by atoms with Crippen LogP contribution in [0.25, 0.3) is 0 Å². The van der Waals surface area contributed by atoms with Crippen LogP contribution in [0, 0.1) is 0 Å². The molecular weight excluding hydrogens is 402 g/mol. The van der Waals surface area contributed by atoms with Gasteiger partial charge in [-0.3, -0.25) is 23.7 Å². The smallest absolute Gasteiger partial charge is 0.350 e. The van der Waals surface area contributed by atoms with Gasteiger partial charge in [-0.2, -0.15) is 9.78 Å². The minimum atomic E-state index is -1.31. The molecule has 2 heterocycles. The minimum Gasteiger partial charge on any atom is -0.463 e. The van der Waals surface area contributed by atoms with Crippen molar-refractivity contribution in [2.45, 2.75) is 71.6 Å². The summed E-state index contributed by atoms with van der Waals surface area (Å²) in [5.74, 6) is -2.01. The highest BCUT2D eigenvalue weighted by molar-refractivity contribution is 5.67. The summed E-state index contributed by atoms with van der Waals surface area (Å²) in [7, 11) is 0. The first-order chi connectivity index (χ1) is 14.1. The van der Waals surface area contributed by atoms with Gasteiger partial charge in [0.1, 0.15) is 18.9 Å². The molecule has 2 rings (SSSR count). The predicted molar refractivity (Wildman–Crippen MR) is 99.3 cm³/mol. The van der Waals surface area contributed by atoms with E-state index in [0.717, 1.165) is 35.7 Å². The summed E-state index contributed by atoms with van der Waals surface area (Å²) < 4.78 is 23.1. The number of rotatable bonds is 8. The zero-order valence-electron chi connectivity index (χ0n) is 17.2. The summed E-state index contributed by atoms with van der Waals surface area (Å²) in [6.45, 7) is 5.24. The van der Waals surface area contributed by atoms with Gasteiger partial charge in [0.15, 0.2) is 18.4 Å². The van der Waals surface area contributed by atoms with Gasteiger partial charge in [0.25, 0.3) is 5.56 Å². The van der Waals surface area contributed by atoms with Gasteiger partial charge in [0.2, 0.25) is 0 Å². The third kappa shape index (κ3) is 5.53. The Balaban J connectivity index is 2.48. The SMILES string of the molecule is CCCCn1c(=O)cnn([C@@H]2O[C@H](COC(C)=O)[C@H](OC(C)=O)[C@@H]2OC(C)=O)c1=O. The summed E-state index contributed by atoms with van der Waals surface area (Å²) in [6, 6.07) is 0. The number of hydrogen-bond acceptors (Lipinski definition) is 10. The van der Waals surface area contributed by atoms with Crippen molar-refractivity contribution in [3.8, 4) is 0 Å². The van der Waals surface area contributed by atoms with Gasteiger partial charge >= 0.3 is 23.6 Å². The Morgan fingerprint density at radius 3 is 2.27 bits per heavy atom. The van der Waals surface area contributed by atoms with E-state index in [0.29, 0.717) is 6.42 Å². The molecule has 0 saturated carbocycles. The molecule has 30 heavy (non-hydrogen) atoms. The van der Waals surface area contributed by atoms with Gasteiger partial charge in [0, 0.05) is 27.3 Å². The van der Waals surface area contributed by atoms with Gasteiger partial charge in [-0.1, -0.05) is 13.3 Å². The number of carbonyl (C=O) groups excluding carboxylic acids is 3. The Kier molecular flexibility index (Phi) is 7.86. The lowest BCUT2D eigenvalue weighted by Gasteiger charge is -2.23. The molecule has 0 aromatic carbocycles. The Bertz CT molecular complexity index is 907. The zero-order valence-corrected chi connectivity index (χ0v) is 17.2. The van der Waals surface area contributed by atoms with E-state index in [1.807, 2.05) is 6.92 Å². The van der Waals surface area contributed by atoms with Crippen LogP contribution in [0.1, 0.15) is 46.8 Å². The summed E-state index contributed by atoms with van der Waals surface area (Å²) in [4.78, 5) is 59.4. The molecule has 1 aromatic heterocycles. The maximum atomic E-state index is 12.9. The van der Waals surface area contributed by atoms with Crippen LogP contribution in [0.2, 0.25) is 0 Å². The van der Waals surface area contributed by atoms with E-state index in [2.05, 4.69) is 5.10 Å². The highest BCUT2D eigenvalue weighted by atomic mass is 16.7. The molecular formula is C18H25N3O9. The molecule has 4 atom stereocenters. The van der Waals surface area contributed by atoms with Crippen LogP contribution in [-0.2, 0) is 39.9 Å². The zero-order chi connectivity index (χ0) is 22.4. The van der Waals surface area contributed by atoms with Crippen LogP contribution in [0.15, 0.2) is 15.8 Å². The molecule has 0 N–H and O–H groups in total. The fourth-order valence-electron chi connectivity index (χ4n) is 3.03. The first-order valence-electron chi connectivity index (χ1n) is 9.47. The number of hydrogen-bond donors (Lipinski definition) is 0. The van der Waals surface area contributed by atoms with Crippen LogP contribution in [0.3, 0.4) is 0 Å². The second kappa shape index (κ2) is 10.1. The van der Waals surface area contributed by atoms with Gasteiger partial charge in [0.05, 0.1) is 0 Å². The molecule has 0 aliphatic carbocycles. The molecule has 1 aliphatic rings. The van der Waals surface area contributed by atoms with Crippen molar-refractivity contribution in [1.29, 1.82) is 0 Å². The van der Waals surface area contributed by atoms with Crippen LogP contribution in [0.5, 0.6) is 0 Å². The summed E-state index contributed by atoms with van der Waals surface area (Å²) in [6.07, 6.45) is -2.47. The molecule has 0 spiro atoms. The van der Waals surface area contributed by atoms with Crippen molar-refractivity contribution in [2.24, 2.45) is 0 Å². The number of nitrogens with zero attached hydrogens (tertiary/aromatic N) is 3. The van der Waals surface area contributed by atoms with Gasteiger partial charge in [-0.05, 0) is 6.42 Å². The van der Waals surface area contributed by atoms with Crippen LogP contribution < -0.4 is 11.2 Å². The minimum absolute atomic E-state index is 0.173. The fourth-order valence-corrected chi connectivity index (χ4v) is 3.03. The standard InChI is InChI=1S/C18H25N3O9/c1-5-6-7-20-14(25)8-19-21(18(20)26)17-16(29-12(4)24)15(28-11(3)23)13(30-17)9-27-10(2)22/h8,13,15-17H,5-7,9H2,1-4H3/t13-,15+,16+,17-/m1/s1. The molecule has 1 fully saturated rings. The summed E-state index contributed by atoms with van der Waals surface area (Å²) in [5.41, 5.74) is -1.35. The second-order valence-corrected chi connectivity index (χ2v) is 6.73. The number of aromatic nitrogens is 3. The van der Waals surface area contributed by atoms with E-state index in [4.69, 9.17) is 18.9 Å². The van der Waals surface area contributed by atoms with Crippen molar-refractivity contribution in [2.75, 3.05) is 6.61 Å². The molecule has 0 bridgehead atoms. The maximum Gasteiger partial charge on any atom is 0.350 e. The molecule has 166 valence electrons. The highest BCUT2D eigenvalue weighted by Gasteiger charge is 2.51. The van der Waals surface area contributed by atoms with E-state index >= 15 is 0 Å². The molecule has 0 amide bonds. The van der Waals surface area contributed by atoms with Crippen LogP contribution in [0.4, 0.5) is 0 Å². The summed E-state index contributed by atoms with van der Waals surface area (Å²) >= 11 is 0. The average Bonchev–Trinajstić information content (AvgIpc) is 2.96. The lowest BCUT2D eigenvalue weighted by atomic mass is 10.1. The third-order valence-corrected chi connectivity index (χ3v) is 4.30. The van der Waals surface area contributed by atoms with E-state index < -0.39 is 53.7 Å². The largest absolute Gasteiger partial charge is 0.463 e. The van der Waals surface area contributed by atoms with E-state index in [1.54, 1.807) is 0 Å². The normalized spacial score (nSPS) is 23.1. The molecule has 1 aromatic rings. The van der Waals surface area contributed by atoms with Crippen molar-refractivity contribution in [1.82, 2.24) is 14.3 Å². The van der Waals surface area contributed by atoms with Crippen molar-refractivity contribution in [3.05, 3.63) is 27.0 Å². The van der Waals surface area contributed by atoms with E-state index in [9.17, 15) is 24.0 Å². The van der Waals surface area contributed by atoms with E-state index in [1.165, 1.54) is 6.92 Å². The van der Waals surface area contributed by atoms with Crippen molar-refractivity contribution in [3.63, 3.8) is 0 Å². The second-order valence-electron chi connectivity index (χ2n) is 6.73. The number of esters is 3. The summed E-state index contributed by atoms with van der Waals surface area (Å²) in [5, 5.41) is 3.84. The molecule has 1 saturated heterocycles. The number of ether oxygens (including phenoxy) is 4. The Hall–Kier alpha value is -3.02. The lowest BCUT2D eigenvalue weighted by Crippen LogP contribution is -2.46. The highest BCUT2D eigenvalue weighted by Crippen LogP contribution is 2.33. The van der Waals surface area contributed by atoms with Crippen molar-refractivity contribution < 1.29 is 33.3 Å². The fraction of sp³-hybridized carbons (Fsp3) is 0.667. The number of carbonyl (C=O) groups is 3. The van der Waals surface area contributed by atoms with Crippen LogP contribution in [-0.4, -0.2) is 57.2 Å². The Labute approximate surface area is 171 Å². The molecule has 0 unspecified atom stereocenters. The third-order valence-electron chi connectivity index (χ3n) is 4.30.